The third-order valence-electron chi connectivity index (χ3n) is 3.84. The number of rotatable bonds is 2. The van der Waals surface area contributed by atoms with E-state index in [4.69, 9.17) is 10.5 Å². The highest BCUT2D eigenvalue weighted by molar-refractivity contribution is 5.98. The first-order valence-electron chi connectivity index (χ1n) is 7.01. The molecule has 0 saturated carbocycles. The van der Waals surface area contributed by atoms with Crippen molar-refractivity contribution in [1.29, 1.82) is 0 Å². The number of amides is 1. The molecule has 0 spiro atoms. The lowest BCUT2D eigenvalue weighted by Gasteiger charge is -2.29. The topological polar surface area (TPSA) is 55.6 Å². The molecule has 0 aromatic heterocycles. The van der Waals surface area contributed by atoms with Crippen LogP contribution < -0.4 is 15.4 Å². The summed E-state index contributed by atoms with van der Waals surface area (Å²) in [4.78, 5) is 14.5. The molecule has 4 heteroatoms. The summed E-state index contributed by atoms with van der Waals surface area (Å²) in [7, 11) is 1.79. The largest absolute Gasteiger partial charge is 0.493 e. The molecule has 0 radical (unpaired) electrons. The number of para-hydroxylation sites is 1. The van der Waals surface area contributed by atoms with E-state index in [0.29, 0.717) is 18.7 Å². The summed E-state index contributed by atoms with van der Waals surface area (Å²) in [5, 5.41) is 0. The number of carbonyl (C=O) groups excluding carboxylic acids is 1. The number of hydrogen-bond acceptors (Lipinski definition) is 3. The zero-order valence-electron chi connectivity index (χ0n) is 12.0. The van der Waals surface area contributed by atoms with Gasteiger partial charge < -0.3 is 15.4 Å². The second kappa shape index (κ2) is 5.48. The average molecular weight is 282 g/mol. The van der Waals surface area contributed by atoms with Crippen LogP contribution in [0.15, 0.2) is 48.5 Å². The van der Waals surface area contributed by atoms with Crippen LogP contribution in [0, 0.1) is 0 Å². The van der Waals surface area contributed by atoms with Crippen LogP contribution in [0.1, 0.15) is 17.9 Å². The van der Waals surface area contributed by atoms with Gasteiger partial charge in [-0.3, -0.25) is 4.79 Å². The monoisotopic (exact) mass is 282 g/mol. The summed E-state index contributed by atoms with van der Waals surface area (Å²) in [6.07, 6.45) is 0.697. The average Bonchev–Trinajstić information content (AvgIpc) is 2.53. The van der Waals surface area contributed by atoms with Crippen LogP contribution in [0.25, 0.3) is 0 Å². The fourth-order valence-electron chi connectivity index (χ4n) is 2.69. The lowest BCUT2D eigenvalue weighted by molar-refractivity contribution is -0.120. The second-order valence-corrected chi connectivity index (χ2v) is 5.22. The maximum atomic E-state index is 12.8. The Bertz CT molecular complexity index is 669. The molecule has 1 amide bonds. The van der Waals surface area contributed by atoms with E-state index in [1.165, 1.54) is 0 Å². The van der Waals surface area contributed by atoms with Gasteiger partial charge in [-0.05, 0) is 30.7 Å². The number of ether oxygens (including phenoxy) is 1. The van der Waals surface area contributed by atoms with Crippen molar-refractivity contribution < 1.29 is 9.53 Å². The predicted molar refractivity (Wildman–Crippen MR) is 83.6 cm³/mol. The van der Waals surface area contributed by atoms with E-state index in [-0.39, 0.29) is 11.8 Å². The zero-order valence-corrected chi connectivity index (χ0v) is 12.0. The highest BCUT2D eigenvalue weighted by atomic mass is 16.5. The molecule has 108 valence electrons. The Labute approximate surface area is 124 Å². The van der Waals surface area contributed by atoms with Crippen LogP contribution in [0.5, 0.6) is 5.75 Å². The van der Waals surface area contributed by atoms with Crippen molar-refractivity contribution in [3.8, 4) is 5.75 Å². The summed E-state index contributed by atoms with van der Waals surface area (Å²) in [6, 6.07) is 15.1. The van der Waals surface area contributed by atoms with Crippen molar-refractivity contribution in [3.63, 3.8) is 0 Å². The Kier molecular flexibility index (Phi) is 3.52. The lowest BCUT2D eigenvalue weighted by Crippen LogP contribution is -2.34. The van der Waals surface area contributed by atoms with Gasteiger partial charge in [-0.25, -0.2) is 0 Å². The van der Waals surface area contributed by atoms with E-state index in [2.05, 4.69) is 0 Å². The maximum absolute atomic E-state index is 12.8. The van der Waals surface area contributed by atoms with Gasteiger partial charge in [-0.15, -0.1) is 0 Å². The summed E-state index contributed by atoms with van der Waals surface area (Å²) < 4.78 is 5.62. The fourth-order valence-corrected chi connectivity index (χ4v) is 2.69. The van der Waals surface area contributed by atoms with Crippen LogP contribution in [0.3, 0.4) is 0 Å². The number of benzene rings is 2. The van der Waals surface area contributed by atoms with Gasteiger partial charge in [-0.1, -0.05) is 24.3 Å². The summed E-state index contributed by atoms with van der Waals surface area (Å²) in [5.74, 6) is 0.709. The summed E-state index contributed by atoms with van der Waals surface area (Å²) >= 11 is 0. The highest BCUT2D eigenvalue weighted by Crippen LogP contribution is 2.35. The number of nitrogens with two attached hydrogens (primary N) is 1. The number of fused-ring (bicyclic) bond motifs is 1. The molecular weight excluding hydrogens is 264 g/mol. The first kappa shape index (κ1) is 13.5. The SMILES string of the molecule is CN(C(=O)C1CCOc2ccccc21)c1cccc(N)c1. The van der Waals surface area contributed by atoms with Gasteiger partial charge in [0.15, 0.2) is 0 Å². The fraction of sp³-hybridized carbons (Fsp3) is 0.235. The van der Waals surface area contributed by atoms with E-state index in [1.807, 2.05) is 48.5 Å². The Hall–Kier alpha value is -2.49. The molecule has 0 fully saturated rings. The Morgan fingerprint density at radius 1 is 1.24 bits per heavy atom. The van der Waals surface area contributed by atoms with Crippen molar-refractivity contribution in [2.45, 2.75) is 12.3 Å². The van der Waals surface area contributed by atoms with Crippen LogP contribution in [-0.2, 0) is 4.79 Å². The number of carbonyl (C=O) groups is 1. The summed E-state index contributed by atoms with van der Waals surface area (Å²) in [6.45, 7) is 0.568. The summed E-state index contributed by atoms with van der Waals surface area (Å²) in [5.41, 5.74) is 8.22. The number of likely N-dealkylation sites (N-methyl/N-ethyl adjacent to an activating group) is 1. The smallest absolute Gasteiger partial charge is 0.234 e. The van der Waals surface area contributed by atoms with Gasteiger partial charge in [-0.2, -0.15) is 0 Å². The van der Waals surface area contributed by atoms with E-state index < -0.39 is 0 Å². The van der Waals surface area contributed by atoms with Crippen LogP contribution in [-0.4, -0.2) is 19.6 Å². The Morgan fingerprint density at radius 2 is 2.05 bits per heavy atom. The number of nitrogens with zero attached hydrogens (tertiary/aromatic N) is 1. The molecule has 0 saturated heterocycles. The zero-order chi connectivity index (χ0) is 14.8. The number of hydrogen-bond donors (Lipinski definition) is 1. The van der Waals surface area contributed by atoms with Gasteiger partial charge in [0.1, 0.15) is 5.75 Å². The normalized spacial score (nSPS) is 16.7. The van der Waals surface area contributed by atoms with E-state index in [9.17, 15) is 4.79 Å². The minimum absolute atomic E-state index is 0.0661. The van der Waals surface area contributed by atoms with Crippen molar-refractivity contribution in [3.05, 3.63) is 54.1 Å². The third kappa shape index (κ3) is 2.57. The number of nitrogen functional groups attached to an aromatic ring is 1. The molecule has 2 aromatic rings. The third-order valence-corrected chi connectivity index (χ3v) is 3.84. The first-order valence-corrected chi connectivity index (χ1v) is 7.01. The molecule has 0 aliphatic carbocycles. The molecule has 2 N–H and O–H groups in total. The van der Waals surface area contributed by atoms with Crippen molar-refractivity contribution in [1.82, 2.24) is 0 Å². The minimum Gasteiger partial charge on any atom is -0.493 e. The van der Waals surface area contributed by atoms with E-state index in [0.717, 1.165) is 17.0 Å². The highest BCUT2D eigenvalue weighted by Gasteiger charge is 2.30. The quantitative estimate of drug-likeness (QED) is 0.862. The van der Waals surface area contributed by atoms with Crippen molar-refractivity contribution in [2.24, 2.45) is 0 Å². The van der Waals surface area contributed by atoms with Gasteiger partial charge in [0.2, 0.25) is 5.91 Å². The van der Waals surface area contributed by atoms with Gasteiger partial charge in [0.25, 0.3) is 0 Å². The predicted octanol–water partition coefficient (Wildman–Crippen LogP) is 2.80. The van der Waals surface area contributed by atoms with Crippen LogP contribution in [0.4, 0.5) is 11.4 Å². The molecule has 2 aromatic carbocycles. The Balaban J connectivity index is 1.89. The van der Waals surface area contributed by atoms with E-state index in [1.54, 1.807) is 11.9 Å². The molecule has 1 aliphatic rings. The van der Waals surface area contributed by atoms with Gasteiger partial charge >= 0.3 is 0 Å². The maximum Gasteiger partial charge on any atom is 0.234 e. The Morgan fingerprint density at radius 3 is 2.86 bits per heavy atom. The molecule has 0 bridgehead atoms. The molecule has 1 heterocycles. The second-order valence-electron chi connectivity index (χ2n) is 5.22. The van der Waals surface area contributed by atoms with Gasteiger partial charge in [0.05, 0.1) is 12.5 Å². The van der Waals surface area contributed by atoms with Crippen LogP contribution in [0.2, 0.25) is 0 Å². The molecule has 3 rings (SSSR count). The van der Waals surface area contributed by atoms with E-state index >= 15 is 0 Å². The molecule has 4 nitrogen and oxygen atoms in total. The molecule has 1 atom stereocenters. The first-order chi connectivity index (χ1) is 10.2. The minimum atomic E-state index is -0.165. The van der Waals surface area contributed by atoms with Crippen LogP contribution >= 0.6 is 0 Å². The standard InChI is InChI=1S/C17H18N2O2/c1-19(13-6-4-5-12(18)11-13)17(20)15-9-10-21-16-8-3-2-7-14(15)16/h2-8,11,15H,9-10,18H2,1H3. The van der Waals surface area contributed by atoms with Crippen molar-refractivity contribution in [2.75, 3.05) is 24.3 Å². The molecule has 1 unspecified atom stereocenters. The lowest BCUT2D eigenvalue weighted by atomic mass is 9.92. The van der Waals surface area contributed by atoms with Crippen molar-refractivity contribution >= 4 is 17.3 Å². The molecule has 1 aliphatic heterocycles. The molecular formula is C17H18N2O2. The van der Waals surface area contributed by atoms with Gasteiger partial charge in [0, 0.05) is 24.0 Å². The number of anilines is 2. The molecule has 21 heavy (non-hydrogen) atoms.